The van der Waals surface area contributed by atoms with Gasteiger partial charge in [0, 0.05) is 23.9 Å². The minimum absolute atomic E-state index is 0.105. The Labute approximate surface area is 167 Å². The maximum absolute atomic E-state index is 12.6. The molecule has 2 aromatic carbocycles. The summed E-state index contributed by atoms with van der Waals surface area (Å²) in [5, 5.41) is 2.67. The first-order chi connectivity index (χ1) is 14.0. The number of carbonyl (C=O) groups is 2. The van der Waals surface area contributed by atoms with Crippen molar-refractivity contribution < 1.29 is 38.0 Å². The van der Waals surface area contributed by atoms with E-state index in [1.54, 1.807) is 18.2 Å². The van der Waals surface area contributed by atoms with Crippen LogP contribution in [0.25, 0.3) is 0 Å². The summed E-state index contributed by atoms with van der Waals surface area (Å²) in [5.41, 5.74) is 0.596. The zero-order chi connectivity index (χ0) is 21.0. The van der Waals surface area contributed by atoms with Gasteiger partial charge >= 0.3 is 5.97 Å². The molecule has 9 nitrogen and oxygen atoms in total. The highest BCUT2D eigenvalue weighted by Crippen LogP contribution is 2.36. The molecule has 1 aliphatic heterocycles. The normalized spacial score (nSPS) is 12.7. The van der Waals surface area contributed by atoms with Crippen LogP contribution in [0.1, 0.15) is 17.3 Å². The van der Waals surface area contributed by atoms with E-state index in [4.69, 9.17) is 28.4 Å². The summed E-state index contributed by atoms with van der Waals surface area (Å²) >= 11 is 0. The van der Waals surface area contributed by atoms with Gasteiger partial charge in [-0.15, -0.1) is 0 Å². The smallest absolute Gasteiger partial charge is 0.342 e. The highest BCUT2D eigenvalue weighted by Gasteiger charge is 2.24. The van der Waals surface area contributed by atoms with Gasteiger partial charge in [0.15, 0.2) is 29.1 Å². The second-order valence-electron chi connectivity index (χ2n) is 6.01. The van der Waals surface area contributed by atoms with Crippen molar-refractivity contribution >= 4 is 17.6 Å². The molecule has 154 valence electrons. The quantitative estimate of drug-likeness (QED) is 0.704. The molecule has 0 saturated carbocycles. The predicted molar refractivity (Wildman–Crippen MR) is 102 cm³/mol. The van der Waals surface area contributed by atoms with E-state index >= 15 is 0 Å². The summed E-state index contributed by atoms with van der Waals surface area (Å²) in [7, 11) is 4.33. The van der Waals surface area contributed by atoms with Crippen molar-refractivity contribution in [3.63, 3.8) is 0 Å². The van der Waals surface area contributed by atoms with Crippen LogP contribution in [0.4, 0.5) is 5.69 Å². The molecule has 1 aliphatic rings. The van der Waals surface area contributed by atoms with E-state index in [-0.39, 0.29) is 18.1 Å². The van der Waals surface area contributed by atoms with E-state index in [2.05, 4.69) is 5.32 Å². The maximum atomic E-state index is 12.6. The summed E-state index contributed by atoms with van der Waals surface area (Å²) in [4.78, 5) is 25.0. The molecule has 0 saturated heterocycles. The zero-order valence-corrected chi connectivity index (χ0v) is 16.4. The minimum Gasteiger partial charge on any atom is -0.496 e. The Morgan fingerprint density at radius 1 is 0.931 bits per heavy atom. The average molecular weight is 403 g/mol. The van der Waals surface area contributed by atoms with Crippen LogP contribution in [0.15, 0.2) is 30.3 Å². The Morgan fingerprint density at radius 2 is 1.59 bits per heavy atom. The number of hydrogen-bond donors (Lipinski definition) is 1. The molecule has 1 amide bonds. The lowest BCUT2D eigenvalue weighted by Gasteiger charge is -2.16. The van der Waals surface area contributed by atoms with Crippen molar-refractivity contribution in [3.05, 3.63) is 35.9 Å². The van der Waals surface area contributed by atoms with Crippen LogP contribution in [-0.4, -0.2) is 46.1 Å². The minimum atomic E-state index is -1.06. The summed E-state index contributed by atoms with van der Waals surface area (Å²) in [6, 6.07) is 7.92. The van der Waals surface area contributed by atoms with Crippen molar-refractivity contribution in [1.29, 1.82) is 0 Å². The van der Waals surface area contributed by atoms with Gasteiger partial charge in [-0.25, -0.2) is 4.79 Å². The number of hydrogen-bond acceptors (Lipinski definition) is 8. The number of anilines is 1. The Bertz CT molecular complexity index is 927. The first-order valence-electron chi connectivity index (χ1n) is 8.68. The van der Waals surface area contributed by atoms with Crippen molar-refractivity contribution in [1.82, 2.24) is 0 Å². The van der Waals surface area contributed by atoms with E-state index in [0.717, 1.165) is 0 Å². The molecule has 2 aromatic rings. The molecule has 3 rings (SSSR count). The van der Waals surface area contributed by atoms with Crippen LogP contribution in [0.2, 0.25) is 0 Å². The number of benzene rings is 2. The number of methoxy groups -OCH3 is 3. The van der Waals surface area contributed by atoms with Crippen molar-refractivity contribution in [3.8, 4) is 28.7 Å². The standard InChI is InChI=1S/C20H21NO8/c1-11(19(22)21-12-5-6-14-18(7-12)28-10-27-14)29-20(23)13-8-16(25-3)17(26-4)9-15(13)24-2/h5-9,11H,10H2,1-4H3,(H,21,22). The molecular weight excluding hydrogens is 382 g/mol. The largest absolute Gasteiger partial charge is 0.496 e. The SMILES string of the molecule is COc1cc(OC)c(C(=O)OC(C)C(=O)Nc2ccc3c(c2)OCO3)cc1OC. The fraction of sp³-hybridized carbons (Fsp3) is 0.300. The summed E-state index contributed by atoms with van der Waals surface area (Å²) in [5.74, 6) is 0.849. The Kier molecular flexibility index (Phi) is 5.96. The third-order valence-corrected chi connectivity index (χ3v) is 4.22. The maximum Gasteiger partial charge on any atom is 0.342 e. The van der Waals surface area contributed by atoms with Crippen LogP contribution >= 0.6 is 0 Å². The van der Waals surface area contributed by atoms with Crippen molar-refractivity contribution in [2.45, 2.75) is 13.0 Å². The fourth-order valence-electron chi connectivity index (χ4n) is 2.68. The predicted octanol–water partition coefficient (Wildman–Crippen LogP) is 2.63. The Morgan fingerprint density at radius 3 is 2.28 bits per heavy atom. The van der Waals surface area contributed by atoms with Gasteiger partial charge in [-0.2, -0.15) is 0 Å². The number of nitrogens with one attached hydrogen (secondary N) is 1. The lowest BCUT2D eigenvalue weighted by Crippen LogP contribution is -2.30. The topological polar surface area (TPSA) is 102 Å². The van der Waals surface area contributed by atoms with Crippen molar-refractivity contribution in [2.75, 3.05) is 33.4 Å². The molecule has 9 heteroatoms. The summed E-state index contributed by atoms with van der Waals surface area (Å²) < 4.78 is 31.4. The summed E-state index contributed by atoms with van der Waals surface area (Å²) in [6.45, 7) is 1.60. The molecule has 1 atom stereocenters. The number of ether oxygens (including phenoxy) is 6. The molecule has 1 unspecified atom stereocenters. The molecule has 29 heavy (non-hydrogen) atoms. The second kappa shape index (κ2) is 8.59. The van der Waals surface area contributed by atoms with Gasteiger partial charge in [-0.05, 0) is 19.1 Å². The number of esters is 1. The number of carbonyl (C=O) groups excluding carboxylic acids is 2. The molecule has 0 aromatic heterocycles. The molecule has 0 fully saturated rings. The fourth-order valence-corrected chi connectivity index (χ4v) is 2.68. The van der Waals surface area contributed by atoms with Crippen LogP contribution in [0.5, 0.6) is 28.7 Å². The highest BCUT2D eigenvalue weighted by molar-refractivity contribution is 5.99. The summed E-state index contributed by atoms with van der Waals surface area (Å²) in [6.07, 6.45) is -1.06. The molecule has 1 heterocycles. The Hall–Kier alpha value is -3.62. The van der Waals surface area contributed by atoms with E-state index in [1.165, 1.54) is 40.4 Å². The average Bonchev–Trinajstić information content (AvgIpc) is 3.20. The number of amides is 1. The van der Waals surface area contributed by atoms with E-state index < -0.39 is 18.0 Å². The van der Waals surface area contributed by atoms with Crippen LogP contribution in [0, 0.1) is 0 Å². The van der Waals surface area contributed by atoms with E-state index in [0.29, 0.717) is 28.7 Å². The number of fused-ring (bicyclic) bond motifs is 1. The highest BCUT2D eigenvalue weighted by atomic mass is 16.7. The molecular formula is C20H21NO8. The van der Waals surface area contributed by atoms with Gasteiger partial charge in [0.05, 0.1) is 21.3 Å². The third-order valence-electron chi connectivity index (χ3n) is 4.22. The number of rotatable bonds is 7. The Balaban J connectivity index is 1.70. The lowest BCUT2D eigenvalue weighted by atomic mass is 10.1. The van der Waals surface area contributed by atoms with E-state index in [9.17, 15) is 9.59 Å². The van der Waals surface area contributed by atoms with Crippen molar-refractivity contribution in [2.24, 2.45) is 0 Å². The van der Waals surface area contributed by atoms with Gasteiger partial charge in [-0.3, -0.25) is 4.79 Å². The van der Waals surface area contributed by atoms with Gasteiger partial charge < -0.3 is 33.7 Å². The van der Waals surface area contributed by atoms with Gasteiger partial charge in [0.25, 0.3) is 5.91 Å². The molecule has 0 bridgehead atoms. The monoisotopic (exact) mass is 403 g/mol. The molecule has 0 spiro atoms. The molecule has 0 radical (unpaired) electrons. The first kappa shape index (κ1) is 20.1. The van der Waals surface area contributed by atoms with Crippen LogP contribution < -0.4 is 29.0 Å². The molecule has 1 N–H and O–H groups in total. The molecule has 0 aliphatic carbocycles. The van der Waals surface area contributed by atoms with Gasteiger partial charge in [0.1, 0.15) is 11.3 Å². The first-order valence-corrected chi connectivity index (χ1v) is 8.68. The van der Waals surface area contributed by atoms with Gasteiger partial charge in [0.2, 0.25) is 6.79 Å². The van der Waals surface area contributed by atoms with Crippen LogP contribution in [-0.2, 0) is 9.53 Å². The lowest BCUT2D eigenvalue weighted by molar-refractivity contribution is -0.123. The zero-order valence-electron chi connectivity index (χ0n) is 16.4. The van der Waals surface area contributed by atoms with Crippen LogP contribution in [0.3, 0.4) is 0 Å². The third kappa shape index (κ3) is 4.29. The van der Waals surface area contributed by atoms with E-state index in [1.807, 2.05) is 0 Å². The van der Waals surface area contributed by atoms with Gasteiger partial charge in [-0.1, -0.05) is 0 Å². The second-order valence-corrected chi connectivity index (χ2v) is 6.01.